The van der Waals surface area contributed by atoms with Crippen LogP contribution in [0, 0.1) is 6.92 Å². The Labute approximate surface area is 192 Å². The SMILES string of the molecule is Cc1ccc(S(=O)(=O)OC[C@@H](COP(=O)(O)O)O[C@H](CO)n2cnc3c(=O)[nH]c(N)nc32)cc1. The Hall–Kier alpha value is -2.69. The highest BCUT2D eigenvalue weighted by Gasteiger charge is 2.27. The number of phosphoric ester groups is 1. The van der Waals surface area contributed by atoms with Gasteiger partial charge in [-0.2, -0.15) is 13.4 Å². The molecule has 0 fully saturated rings. The lowest BCUT2D eigenvalue weighted by molar-refractivity contribution is -0.105. The van der Waals surface area contributed by atoms with Crippen molar-refractivity contribution < 1.29 is 41.3 Å². The molecule has 6 N–H and O–H groups in total. The number of benzene rings is 1. The highest BCUT2D eigenvalue weighted by atomic mass is 32.2. The van der Waals surface area contributed by atoms with Crippen molar-refractivity contribution in [3.63, 3.8) is 0 Å². The molecule has 186 valence electrons. The first-order valence-corrected chi connectivity index (χ1v) is 12.5. The number of aliphatic hydroxyl groups excluding tert-OH is 1. The van der Waals surface area contributed by atoms with Gasteiger partial charge in [0.05, 0.1) is 31.0 Å². The van der Waals surface area contributed by atoms with Crippen molar-refractivity contribution in [2.24, 2.45) is 0 Å². The highest BCUT2D eigenvalue weighted by Crippen LogP contribution is 2.36. The molecule has 0 spiro atoms. The van der Waals surface area contributed by atoms with Crippen molar-refractivity contribution in [3.05, 3.63) is 46.5 Å². The zero-order valence-corrected chi connectivity index (χ0v) is 19.3. The van der Waals surface area contributed by atoms with E-state index in [1.54, 1.807) is 19.1 Å². The van der Waals surface area contributed by atoms with E-state index in [0.29, 0.717) is 0 Å². The number of H-pyrrole nitrogens is 1. The lowest BCUT2D eigenvalue weighted by Crippen LogP contribution is -2.32. The zero-order chi connectivity index (χ0) is 25.1. The maximum atomic E-state index is 12.5. The van der Waals surface area contributed by atoms with Crippen LogP contribution in [0.15, 0.2) is 40.3 Å². The number of imidazole rings is 1. The number of nitrogens with two attached hydrogens (primary N) is 1. The number of aliphatic hydroxyl groups is 1. The molecule has 3 aromatic rings. The highest BCUT2D eigenvalue weighted by molar-refractivity contribution is 7.86. The van der Waals surface area contributed by atoms with Crippen molar-refractivity contribution in [2.75, 3.05) is 25.6 Å². The molecule has 0 unspecified atom stereocenters. The van der Waals surface area contributed by atoms with Crippen LogP contribution in [0.3, 0.4) is 0 Å². The summed E-state index contributed by atoms with van der Waals surface area (Å²) in [6.07, 6.45) is -1.60. The summed E-state index contributed by atoms with van der Waals surface area (Å²) in [5, 5.41) is 9.83. The molecule has 17 heteroatoms. The summed E-state index contributed by atoms with van der Waals surface area (Å²) in [7, 11) is -9.21. The predicted octanol–water partition coefficient (Wildman–Crippen LogP) is -0.599. The van der Waals surface area contributed by atoms with Gasteiger partial charge in [0, 0.05) is 0 Å². The molecule has 34 heavy (non-hydrogen) atoms. The van der Waals surface area contributed by atoms with E-state index in [1.807, 2.05) is 0 Å². The predicted molar refractivity (Wildman–Crippen MR) is 116 cm³/mol. The Balaban J connectivity index is 1.84. The number of nitrogen functional groups attached to an aromatic ring is 1. The van der Waals surface area contributed by atoms with E-state index in [-0.39, 0.29) is 22.0 Å². The number of fused-ring (bicyclic) bond motifs is 1. The number of aryl methyl sites for hydroxylation is 1. The average molecular weight is 519 g/mol. The number of phosphoric acid groups is 1. The minimum atomic E-state index is -4.95. The van der Waals surface area contributed by atoms with Crippen LogP contribution >= 0.6 is 7.82 Å². The fourth-order valence-electron chi connectivity index (χ4n) is 2.82. The topological polar surface area (TPSA) is 229 Å². The first kappa shape index (κ1) is 25.9. The van der Waals surface area contributed by atoms with E-state index in [2.05, 4.69) is 19.5 Å². The van der Waals surface area contributed by atoms with Gasteiger partial charge in [-0.3, -0.25) is 23.1 Å². The third kappa shape index (κ3) is 6.46. The maximum Gasteiger partial charge on any atom is 0.469 e. The third-order valence-corrected chi connectivity index (χ3v) is 6.20. The van der Waals surface area contributed by atoms with Gasteiger partial charge in [-0.15, -0.1) is 0 Å². The number of nitrogens with zero attached hydrogens (tertiary/aromatic N) is 3. The average Bonchev–Trinajstić information content (AvgIpc) is 3.17. The van der Waals surface area contributed by atoms with Crippen molar-refractivity contribution in [1.82, 2.24) is 19.5 Å². The van der Waals surface area contributed by atoms with Gasteiger partial charge in [0.2, 0.25) is 5.95 Å². The first-order chi connectivity index (χ1) is 15.9. The molecule has 2 aromatic heterocycles. The maximum absolute atomic E-state index is 12.5. The van der Waals surface area contributed by atoms with Crippen molar-refractivity contribution >= 4 is 35.1 Å². The lowest BCUT2D eigenvalue weighted by Gasteiger charge is -2.24. The minimum Gasteiger partial charge on any atom is -0.392 e. The molecule has 0 aliphatic heterocycles. The normalized spacial score (nSPS) is 14.4. The molecule has 15 nitrogen and oxygen atoms in total. The summed E-state index contributed by atoms with van der Waals surface area (Å²) in [6.45, 7) is -0.481. The quantitative estimate of drug-likeness (QED) is 0.158. The number of aromatic amines is 1. The van der Waals surface area contributed by atoms with Crippen molar-refractivity contribution in [2.45, 2.75) is 24.2 Å². The first-order valence-electron chi connectivity index (χ1n) is 9.54. The van der Waals surface area contributed by atoms with Crippen LogP contribution in [0.1, 0.15) is 11.8 Å². The van der Waals surface area contributed by atoms with Crippen LogP contribution < -0.4 is 11.3 Å². The second-order valence-corrected chi connectivity index (χ2v) is 9.86. The Morgan fingerprint density at radius 3 is 2.53 bits per heavy atom. The van der Waals surface area contributed by atoms with Gasteiger partial charge in [0.15, 0.2) is 17.4 Å². The van der Waals surface area contributed by atoms with Crippen molar-refractivity contribution in [1.29, 1.82) is 0 Å². The standard InChI is InChI=1S/C17H22N5O10PS/c1-10-2-4-12(5-3-10)34(28,29)31-8-11(7-30-33(25,26)27)32-13(6-23)22-9-19-14-15(22)20-17(18)21-16(14)24/h2-5,9,11,13,23H,6-8H2,1H3,(H2,25,26,27)(H3,18,20,21,24)/t11-,13-/m1/s1. The molecule has 0 aliphatic rings. The van der Waals surface area contributed by atoms with Crippen LogP contribution in [0.25, 0.3) is 11.2 Å². The van der Waals surface area contributed by atoms with Gasteiger partial charge in [0.1, 0.15) is 6.10 Å². The van der Waals surface area contributed by atoms with Gasteiger partial charge in [-0.05, 0) is 19.1 Å². The van der Waals surface area contributed by atoms with Crippen LogP contribution in [-0.2, 0) is 28.1 Å². The molecular formula is C17H22N5O10PS. The summed E-state index contributed by atoms with van der Waals surface area (Å²) >= 11 is 0. The van der Waals surface area contributed by atoms with E-state index in [1.165, 1.54) is 12.1 Å². The van der Waals surface area contributed by atoms with Gasteiger partial charge in [-0.25, -0.2) is 9.55 Å². The largest absolute Gasteiger partial charge is 0.469 e. The summed E-state index contributed by atoms with van der Waals surface area (Å²) in [5.74, 6) is -0.232. The van der Waals surface area contributed by atoms with Crippen molar-refractivity contribution in [3.8, 4) is 0 Å². The molecular weight excluding hydrogens is 497 g/mol. The Morgan fingerprint density at radius 2 is 1.91 bits per heavy atom. The van der Waals surface area contributed by atoms with E-state index >= 15 is 0 Å². The summed E-state index contributed by atoms with van der Waals surface area (Å²) in [4.78, 5) is 40.0. The molecule has 0 amide bonds. The van der Waals surface area contributed by atoms with Crippen LogP contribution in [0.2, 0.25) is 0 Å². The summed E-state index contributed by atoms with van der Waals surface area (Å²) in [6, 6.07) is 5.78. The molecule has 1 aromatic carbocycles. The number of anilines is 1. The van der Waals surface area contributed by atoms with Crippen LogP contribution in [-0.4, -0.2) is 68.8 Å². The smallest absolute Gasteiger partial charge is 0.392 e. The second-order valence-electron chi connectivity index (χ2n) is 7.01. The lowest BCUT2D eigenvalue weighted by atomic mass is 10.2. The van der Waals surface area contributed by atoms with Gasteiger partial charge >= 0.3 is 7.82 Å². The van der Waals surface area contributed by atoms with E-state index in [4.69, 9.17) is 24.4 Å². The number of rotatable bonds is 11. The van der Waals surface area contributed by atoms with E-state index < -0.39 is 55.7 Å². The van der Waals surface area contributed by atoms with Gasteiger partial charge in [0.25, 0.3) is 15.7 Å². The third-order valence-electron chi connectivity index (χ3n) is 4.41. The second kappa shape index (κ2) is 10.3. The number of hydrogen-bond donors (Lipinski definition) is 5. The fraction of sp³-hybridized carbons (Fsp3) is 0.353. The van der Waals surface area contributed by atoms with Gasteiger partial charge < -0.3 is 25.4 Å². The Kier molecular flexibility index (Phi) is 7.84. The molecule has 2 heterocycles. The summed E-state index contributed by atoms with van der Waals surface area (Å²) < 4.78 is 52.3. The van der Waals surface area contributed by atoms with E-state index in [0.717, 1.165) is 16.5 Å². The van der Waals surface area contributed by atoms with E-state index in [9.17, 15) is 22.9 Å². The monoisotopic (exact) mass is 519 g/mol. The Morgan fingerprint density at radius 1 is 1.24 bits per heavy atom. The number of aromatic nitrogens is 4. The number of nitrogens with one attached hydrogen (secondary N) is 1. The molecule has 0 radical (unpaired) electrons. The molecule has 2 atom stereocenters. The molecule has 0 aliphatic carbocycles. The molecule has 0 saturated carbocycles. The van der Waals surface area contributed by atoms with Gasteiger partial charge in [-0.1, -0.05) is 17.7 Å². The molecule has 0 bridgehead atoms. The summed E-state index contributed by atoms with van der Waals surface area (Å²) in [5.41, 5.74) is 5.56. The van der Waals surface area contributed by atoms with Crippen LogP contribution in [0.5, 0.6) is 0 Å². The zero-order valence-electron chi connectivity index (χ0n) is 17.6. The Bertz CT molecular complexity index is 1350. The molecule has 3 rings (SSSR count). The fourth-order valence-corrected chi connectivity index (χ4v) is 4.11. The van der Waals surface area contributed by atoms with Crippen LogP contribution in [0.4, 0.5) is 5.95 Å². The number of hydrogen-bond acceptors (Lipinski definition) is 11. The molecule has 0 saturated heterocycles. The minimum absolute atomic E-state index is 0.0526. The number of ether oxygens (including phenoxy) is 1.